The molecule has 0 saturated heterocycles. The lowest BCUT2D eigenvalue weighted by atomic mass is 10.2. The largest absolute Gasteiger partial charge is 0.398 e. The van der Waals surface area contributed by atoms with Gasteiger partial charge < -0.3 is 5.73 Å². The second-order valence-corrected chi connectivity index (χ2v) is 6.11. The van der Waals surface area contributed by atoms with Crippen molar-refractivity contribution in [2.75, 3.05) is 10.5 Å². The van der Waals surface area contributed by atoms with Crippen LogP contribution < -0.4 is 10.5 Å². The number of aryl methyl sites for hydroxylation is 1. The molecule has 6 heteroatoms. The summed E-state index contributed by atoms with van der Waals surface area (Å²) in [5.41, 5.74) is 7.13. The monoisotopic (exact) mass is 296 g/mol. The minimum absolute atomic E-state index is 0.0973. The van der Waals surface area contributed by atoms with Crippen LogP contribution in [-0.2, 0) is 10.0 Å². The molecule has 0 aromatic heterocycles. The van der Waals surface area contributed by atoms with Crippen LogP contribution in [0.4, 0.5) is 11.4 Å². The molecule has 0 aliphatic rings. The Morgan fingerprint density at radius 3 is 2.42 bits per heavy atom. The number of para-hydroxylation sites is 1. The zero-order chi connectivity index (χ0) is 14.0. The van der Waals surface area contributed by atoms with Gasteiger partial charge in [-0.1, -0.05) is 35.9 Å². The van der Waals surface area contributed by atoms with Crippen LogP contribution in [0.5, 0.6) is 0 Å². The van der Waals surface area contributed by atoms with Gasteiger partial charge in [-0.2, -0.15) is 0 Å². The van der Waals surface area contributed by atoms with E-state index in [0.717, 1.165) is 5.56 Å². The maximum atomic E-state index is 12.3. The SMILES string of the molecule is Cc1ccccc1NS(=O)(=O)c1c(N)cccc1Cl. The number of halogens is 1. The Hall–Kier alpha value is -1.72. The molecular weight excluding hydrogens is 284 g/mol. The number of nitrogen functional groups attached to an aromatic ring is 1. The predicted molar refractivity (Wildman–Crippen MR) is 77.9 cm³/mol. The molecule has 19 heavy (non-hydrogen) atoms. The molecule has 0 spiro atoms. The van der Waals surface area contributed by atoms with Gasteiger partial charge in [0, 0.05) is 0 Å². The number of nitrogens with one attached hydrogen (secondary N) is 1. The number of hydrogen-bond acceptors (Lipinski definition) is 3. The molecule has 2 aromatic rings. The Balaban J connectivity index is 2.47. The minimum atomic E-state index is -3.80. The van der Waals surface area contributed by atoms with E-state index in [0.29, 0.717) is 5.69 Å². The summed E-state index contributed by atoms with van der Waals surface area (Å²) in [6.07, 6.45) is 0. The molecule has 3 N–H and O–H groups in total. The van der Waals surface area contributed by atoms with Crippen LogP contribution in [0.3, 0.4) is 0 Å². The molecule has 0 aliphatic heterocycles. The average molecular weight is 297 g/mol. The Kier molecular flexibility index (Phi) is 3.68. The standard InChI is InChI=1S/C13H13ClN2O2S/c1-9-5-2-3-8-12(9)16-19(17,18)13-10(14)6-4-7-11(13)15/h2-8,16H,15H2,1H3. The molecule has 0 heterocycles. The van der Waals surface area contributed by atoms with Crippen molar-refractivity contribution >= 4 is 33.0 Å². The first-order chi connectivity index (χ1) is 8.92. The molecule has 0 unspecified atom stereocenters. The van der Waals surface area contributed by atoms with E-state index < -0.39 is 10.0 Å². The third-order valence-electron chi connectivity index (χ3n) is 2.66. The van der Waals surface area contributed by atoms with Crippen molar-refractivity contribution in [3.05, 3.63) is 53.1 Å². The van der Waals surface area contributed by atoms with Crippen molar-refractivity contribution in [3.8, 4) is 0 Å². The summed E-state index contributed by atoms with van der Waals surface area (Å²) in [4.78, 5) is -0.0973. The molecule has 4 nitrogen and oxygen atoms in total. The van der Waals surface area contributed by atoms with Crippen LogP contribution >= 0.6 is 11.6 Å². The van der Waals surface area contributed by atoms with E-state index in [1.165, 1.54) is 12.1 Å². The number of nitrogens with two attached hydrogens (primary N) is 1. The molecule has 0 fully saturated rings. The molecule has 0 aliphatic carbocycles. The Morgan fingerprint density at radius 1 is 1.11 bits per heavy atom. The lowest BCUT2D eigenvalue weighted by Crippen LogP contribution is -2.16. The van der Waals surface area contributed by atoms with Gasteiger partial charge in [0.25, 0.3) is 10.0 Å². The summed E-state index contributed by atoms with van der Waals surface area (Å²) in [6, 6.07) is 11.7. The van der Waals surface area contributed by atoms with Crippen LogP contribution in [-0.4, -0.2) is 8.42 Å². The van der Waals surface area contributed by atoms with E-state index in [9.17, 15) is 8.42 Å². The summed E-state index contributed by atoms with van der Waals surface area (Å²) in [5.74, 6) is 0. The third-order valence-corrected chi connectivity index (χ3v) is 4.56. The first-order valence-electron chi connectivity index (χ1n) is 5.54. The molecule has 0 saturated carbocycles. The Bertz CT molecular complexity index is 694. The zero-order valence-electron chi connectivity index (χ0n) is 10.2. The van der Waals surface area contributed by atoms with E-state index >= 15 is 0 Å². The highest BCUT2D eigenvalue weighted by Crippen LogP contribution is 2.29. The summed E-state index contributed by atoms with van der Waals surface area (Å²) in [6.45, 7) is 1.81. The number of hydrogen-bond donors (Lipinski definition) is 2. The summed E-state index contributed by atoms with van der Waals surface area (Å²) in [5, 5.41) is 0.0982. The van der Waals surface area contributed by atoms with Gasteiger partial charge in [-0.25, -0.2) is 8.42 Å². The Morgan fingerprint density at radius 2 is 1.79 bits per heavy atom. The smallest absolute Gasteiger partial charge is 0.265 e. The second-order valence-electron chi connectivity index (χ2n) is 4.08. The minimum Gasteiger partial charge on any atom is -0.398 e. The van der Waals surface area contributed by atoms with E-state index in [4.69, 9.17) is 17.3 Å². The highest BCUT2D eigenvalue weighted by molar-refractivity contribution is 7.93. The topological polar surface area (TPSA) is 72.2 Å². The van der Waals surface area contributed by atoms with Crippen LogP contribution in [0.15, 0.2) is 47.4 Å². The van der Waals surface area contributed by atoms with E-state index in [1.807, 2.05) is 19.1 Å². The maximum absolute atomic E-state index is 12.3. The fourth-order valence-corrected chi connectivity index (χ4v) is 3.50. The van der Waals surface area contributed by atoms with E-state index in [1.54, 1.807) is 18.2 Å². The van der Waals surface area contributed by atoms with Crippen molar-refractivity contribution in [2.45, 2.75) is 11.8 Å². The number of rotatable bonds is 3. The fraction of sp³-hybridized carbons (Fsp3) is 0.0769. The van der Waals surface area contributed by atoms with Gasteiger partial charge in [0.05, 0.1) is 16.4 Å². The lowest BCUT2D eigenvalue weighted by molar-refractivity contribution is 0.601. The summed E-state index contributed by atoms with van der Waals surface area (Å²) in [7, 11) is -3.80. The number of anilines is 2. The van der Waals surface area contributed by atoms with Gasteiger partial charge in [-0.05, 0) is 30.7 Å². The normalized spacial score (nSPS) is 11.3. The van der Waals surface area contributed by atoms with Gasteiger partial charge in [-0.3, -0.25) is 4.72 Å². The maximum Gasteiger partial charge on any atom is 0.265 e. The molecule has 100 valence electrons. The molecule has 0 bridgehead atoms. The molecule has 2 aromatic carbocycles. The third kappa shape index (κ3) is 2.83. The molecule has 2 rings (SSSR count). The van der Waals surface area contributed by atoms with Gasteiger partial charge in [-0.15, -0.1) is 0 Å². The van der Waals surface area contributed by atoms with Gasteiger partial charge >= 0.3 is 0 Å². The van der Waals surface area contributed by atoms with Crippen LogP contribution in [0.25, 0.3) is 0 Å². The van der Waals surface area contributed by atoms with Gasteiger partial charge in [0.15, 0.2) is 0 Å². The molecular formula is C13H13ClN2O2S. The quantitative estimate of drug-likeness (QED) is 0.855. The first-order valence-corrected chi connectivity index (χ1v) is 7.40. The summed E-state index contributed by atoms with van der Waals surface area (Å²) >= 11 is 5.92. The van der Waals surface area contributed by atoms with Crippen LogP contribution in [0.2, 0.25) is 5.02 Å². The van der Waals surface area contributed by atoms with Crippen molar-refractivity contribution in [2.24, 2.45) is 0 Å². The second kappa shape index (κ2) is 5.11. The van der Waals surface area contributed by atoms with E-state index in [2.05, 4.69) is 4.72 Å². The number of benzene rings is 2. The lowest BCUT2D eigenvalue weighted by Gasteiger charge is -2.13. The predicted octanol–water partition coefficient (Wildman–Crippen LogP) is 3.03. The summed E-state index contributed by atoms with van der Waals surface area (Å²) < 4.78 is 27.1. The van der Waals surface area contributed by atoms with E-state index in [-0.39, 0.29) is 15.6 Å². The molecule has 0 amide bonds. The van der Waals surface area contributed by atoms with Crippen LogP contribution in [0.1, 0.15) is 5.56 Å². The molecule has 0 radical (unpaired) electrons. The fourth-order valence-electron chi connectivity index (χ4n) is 1.69. The van der Waals surface area contributed by atoms with Crippen molar-refractivity contribution in [1.82, 2.24) is 0 Å². The average Bonchev–Trinajstić information content (AvgIpc) is 2.31. The van der Waals surface area contributed by atoms with Gasteiger partial charge in [0.2, 0.25) is 0 Å². The Labute approximate surface area is 117 Å². The van der Waals surface area contributed by atoms with Crippen molar-refractivity contribution in [1.29, 1.82) is 0 Å². The zero-order valence-corrected chi connectivity index (χ0v) is 11.8. The first kappa shape index (κ1) is 13.7. The van der Waals surface area contributed by atoms with Gasteiger partial charge in [0.1, 0.15) is 4.90 Å². The number of sulfonamides is 1. The van der Waals surface area contributed by atoms with Crippen LogP contribution in [0, 0.1) is 6.92 Å². The van der Waals surface area contributed by atoms with Crippen molar-refractivity contribution < 1.29 is 8.42 Å². The van der Waals surface area contributed by atoms with Crippen molar-refractivity contribution in [3.63, 3.8) is 0 Å². The highest BCUT2D eigenvalue weighted by atomic mass is 35.5. The highest BCUT2D eigenvalue weighted by Gasteiger charge is 2.21. The molecule has 0 atom stereocenters.